The number of benzene rings is 2. The summed E-state index contributed by atoms with van der Waals surface area (Å²) in [4.78, 5) is 36.2. The number of ether oxygens (including phenoxy) is 2. The number of aryl methyl sites for hydroxylation is 1. The predicted octanol–water partition coefficient (Wildman–Crippen LogP) is 3.39. The quantitative estimate of drug-likeness (QED) is 0.634. The molecule has 0 aliphatic rings. The van der Waals surface area contributed by atoms with E-state index in [2.05, 4.69) is 5.32 Å². The number of Topliss-reactive ketones (excluding diaryl/α,β-unsaturated/α-hetero) is 1. The Morgan fingerprint density at radius 3 is 2.42 bits per heavy atom. The van der Waals surface area contributed by atoms with Crippen molar-refractivity contribution in [1.29, 1.82) is 0 Å². The number of hydrogen-bond donors (Lipinski definition) is 1. The average molecular weight is 355 g/mol. The van der Waals surface area contributed by atoms with Crippen molar-refractivity contribution in [3.8, 4) is 5.75 Å². The van der Waals surface area contributed by atoms with Crippen LogP contribution in [-0.4, -0.2) is 30.9 Å². The van der Waals surface area contributed by atoms with Crippen LogP contribution in [0.3, 0.4) is 0 Å². The summed E-state index contributed by atoms with van der Waals surface area (Å²) in [6, 6.07) is 11.6. The first kappa shape index (κ1) is 19.2. The van der Waals surface area contributed by atoms with E-state index in [-0.39, 0.29) is 11.3 Å². The average Bonchev–Trinajstić information content (AvgIpc) is 2.62. The molecule has 2 aromatic rings. The lowest BCUT2D eigenvalue weighted by atomic mass is 10.1. The van der Waals surface area contributed by atoms with Crippen molar-refractivity contribution in [3.05, 3.63) is 59.2 Å². The number of carbonyl (C=O) groups is 3. The summed E-state index contributed by atoms with van der Waals surface area (Å²) in [6.45, 7) is 4.74. The summed E-state index contributed by atoms with van der Waals surface area (Å²) in [5, 5.41) is 2.62. The highest BCUT2D eigenvalue weighted by molar-refractivity contribution is 6.05. The highest BCUT2D eigenvalue weighted by Gasteiger charge is 2.21. The van der Waals surface area contributed by atoms with E-state index in [1.807, 2.05) is 6.92 Å². The molecule has 0 heterocycles. The third-order valence-corrected chi connectivity index (χ3v) is 3.86. The van der Waals surface area contributed by atoms with Gasteiger partial charge in [-0.3, -0.25) is 9.59 Å². The van der Waals surface area contributed by atoms with Gasteiger partial charge in [-0.1, -0.05) is 18.2 Å². The smallest absolute Gasteiger partial charge is 0.339 e. The van der Waals surface area contributed by atoms with E-state index in [1.54, 1.807) is 42.5 Å². The summed E-state index contributed by atoms with van der Waals surface area (Å²) in [5.74, 6) is -0.763. The van der Waals surface area contributed by atoms with Gasteiger partial charge >= 0.3 is 5.97 Å². The third kappa shape index (κ3) is 4.47. The first-order valence-electron chi connectivity index (χ1n) is 8.10. The van der Waals surface area contributed by atoms with Gasteiger partial charge in [-0.15, -0.1) is 0 Å². The lowest BCUT2D eigenvalue weighted by molar-refractivity contribution is -0.123. The summed E-state index contributed by atoms with van der Waals surface area (Å²) in [7, 11) is 1.51. The molecule has 1 N–H and O–H groups in total. The van der Waals surface area contributed by atoms with Gasteiger partial charge in [-0.25, -0.2) is 4.79 Å². The molecule has 1 amide bonds. The maximum absolute atomic E-state index is 12.3. The van der Waals surface area contributed by atoms with Crippen LogP contribution in [0.4, 0.5) is 5.69 Å². The SMILES string of the molecule is COc1cc(C(=O)O[C@@H](C)C(=O)Nc2ccccc2C(C)=O)ccc1C. The molecule has 0 aliphatic heterocycles. The molecule has 0 aliphatic carbocycles. The number of esters is 1. The molecule has 6 heteroatoms. The van der Waals surface area contributed by atoms with Crippen LogP contribution in [0.5, 0.6) is 5.75 Å². The molecule has 0 saturated carbocycles. The van der Waals surface area contributed by atoms with E-state index in [1.165, 1.54) is 21.0 Å². The van der Waals surface area contributed by atoms with Crippen LogP contribution in [0.25, 0.3) is 0 Å². The highest BCUT2D eigenvalue weighted by Crippen LogP contribution is 2.20. The minimum Gasteiger partial charge on any atom is -0.496 e. The van der Waals surface area contributed by atoms with E-state index < -0.39 is 18.0 Å². The molecule has 1 atom stereocenters. The van der Waals surface area contributed by atoms with Crippen molar-refractivity contribution in [2.75, 3.05) is 12.4 Å². The van der Waals surface area contributed by atoms with Gasteiger partial charge in [0.25, 0.3) is 5.91 Å². The lowest BCUT2D eigenvalue weighted by Crippen LogP contribution is -2.30. The topological polar surface area (TPSA) is 81.7 Å². The molecule has 26 heavy (non-hydrogen) atoms. The summed E-state index contributed by atoms with van der Waals surface area (Å²) in [5.41, 5.74) is 1.94. The van der Waals surface area contributed by atoms with Crippen molar-refractivity contribution in [3.63, 3.8) is 0 Å². The van der Waals surface area contributed by atoms with Gasteiger partial charge in [0.05, 0.1) is 18.4 Å². The number of para-hydroxylation sites is 1. The minimum absolute atomic E-state index is 0.169. The maximum atomic E-state index is 12.3. The van der Waals surface area contributed by atoms with Gasteiger partial charge in [0.1, 0.15) is 5.75 Å². The van der Waals surface area contributed by atoms with Crippen molar-refractivity contribution >= 4 is 23.3 Å². The summed E-state index contributed by atoms with van der Waals surface area (Å²) in [6.07, 6.45) is -1.03. The molecule has 136 valence electrons. The summed E-state index contributed by atoms with van der Waals surface area (Å²) < 4.78 is 10.4. The number of ketones is 1. The van der Waals surface area contributed by atoms with Crippen LogP contribution >= 0.6 is 0 Å². The standard InChI is InChI=1S/C20H21NO5/c1-12-9-10-15(11-18(12)25-4)20(24)26-14(3)19(23)21-17-8-6-5-7-16(17)13(2)22/h5-11,14H,1-4H3,(H,21,23)/t14-/m0/s1. The van der Waals surface area contributed by atoms with Gasteiger partial charge in [0.15, 0.2) is 11.9 Å². The Morgan fingerprint density at radius 2 is 1.77 bits per heavy atom. The Bertz CT molecular complexity index is 844. The van der Waals surface area contributed by atoms with Gasteiger partial charge < -0.3 is 14.8 Å². The Balaban J connectivity index is 2.07. The number of nitrogens with one attached hydrogen (secondary N) is 1. The third-order valence-electron chi connectivity index (χ3n) is 3.86. The Morgan fingerprint density at radius 1 is 1.08 bits per heavy atom. The second kappa shape index (κ2) is 8.29. The molecule has 0 unspecified atom stereocenters. The Labute approximate surface area is 152 Å². The molecule has 0 saturated heterocycles. The van der Waals surface area contributed by atoms with Crippen molar-refractivity contribution in [1.82, 2.24) is 0 Å². The molecule has 2 rings (SSSR count). The second-order valence-electron chi connectivity index (χ2n) is 5.82. The van der Waals surface area contributed by atoms with Crippen LogP contribution in [0.15, 0.2) is 42.5 Å². The monoisotopic (exact) mass is 355 g/mol. The molecule has 2 aromatic carbocycles. The predicted molar refractivity (Wildman–Crippen MR) is 97.7 cm³/mol. The second-order valence-corrected chi connectivity index (χ2v) is 5.82. The van der Waals surface area contributed by atoms with E-state index in [0.29, 0.717) is 17.0 Å². The van der Waals surface area contributed by atoms with Crippen LogP contribution in [0.2, 0.25) is 0 Å². The molecule has 6 nitrogen and oxygen atoms in total. The van der Waals surface area contributed by atoms with Crippen LogP contribution in [0, 0.1) is 6.92 Å². The van der Waals surface area contributed by atoms with Crippen LogP contribution in [-0.2, 0) is 9.53 Å². The number of amides is 1. The number of anilines is 1. The number of rotatable bonds is 6. The zero-order chi connectivity index (χ0) is 19.3. The fraction of sp³-hybridized carbons (Fsp3) is 0.250. The highest BCUT2D eigenvalue weighted by atomic mass is 16.5. The molecular formula is C20H21NO5. The lowest BCUT2D eigenvalue weighted by Gasteiger charge is -2.15. The molecule has 0 radical (unpaired) electrons. The Kier molecular flexibility index (Phi) is 6.11. The number of methoxy groups -OCH3 is 1. The largest absolute Gasteiger partial charge is 0.496 e. The normalized spacial score (nSPS) is 11.4. The molecular weight excluding hydrogens is 334 g/mol. The maximum Gasteiger partial charge on any atom is 0.339 e. The first-order chi connectivity index (χ1) is 12.3. The molecule has 0 fully saturated rings. The van der Waals surface area contributed by atoms with Crippen molar-refractivity contribution in [2.24, 2.45) is 0 Å². The van der Waals surface area contributed by atoms with Gasteiger partial charge in [0, 0.05) is 5.56 Å². The van der Waals surface area contributed by atoms with E-state index >= 15 is 0 Å². The van der Waals surface area contributed by atoms with Crippen LogP contribution in [0.1, 0.15) is 40.1 Å². The number of hydrogen-bond acceptors (Lipinski definition) is 5. The fourth-order valence-electron chi connectivity index (χ4n) is 2.36. The van der Waals surface area contributed by atoms with E-state index in [9.17, 15) is 14.4 Å². The fourth-order valence-corrected chi connectivity index (χ4v) is 2.36. The van der Waals surface area contributed by atoms with Crippen LogP contribution < -0.4 is 10.1 Å². The van der Waals surface area contributed by atoms with Gasteiger partial charge in [-0.2, -0.15) is 0 Å². The van der Waals surface area contributed by atoms with Gasteiger partial charge in [0.2, 0.25) is 0 Å². The Hall–Kier alpha value is -3.15. The minimum atomic E-state index is -1.03. The molecule has 0 bridgehead atoms. The number of carbonyl (C=O) groups excluding carboxylic acids is 3. The van der Waals surface area contributed by atoms with E-state index in [0.717, 1.165) is 5.56 Å². The van der Waals surface area contributed by atoms with E-state index in [4.69, 9.17) is 9.47 Å². The first-order valence-corrected chi connectivity index (χ1v) is 8.10. The molecule has 0 aromatic heterocycles. The zero-order valence-electron chi connectivity index (χ0n) is 15.2. The zero-order valence-corrected chi connectivity index (χ0v) is 15.2. The van der Waals surface area contributed by atoms with Crippen molar-refractivity contribution < 1.29 is 23.9 Å². The molecule has 0 spiro atoms. The van der Waals surface area contributed by atoms with Gasteiger partial charge in [-0.05, 0) is 50.6 Å². The van der Waals surface area contributed by atoms with Crippen molar-refractivity contribution in [2.45, 2.75) is 26.9 Å². The summed E-state index contributed by atoms with van der Waals surface area (Å²) >= 11 is 0.